The number of fused-ring (bicyclic) bond motifs is 1. The van der Waals surface area contributed by atoms with Crippen molar-refractivity contribution in [2.75, 3.05) is 25.9 Å². The Morgan fingerprint density at radius 1 is 1.65 bits per heavy atom. The smallest absolute Gasteiger partial charge is 0.259 e. The van der Waals surface area contributed by atoms with E-state index in [9.17, 15) is 4.79 Å². The molecule has 0 aromatic carbocycles. The lowest BCUT2D eigenvalue weighted by atomic mass is 10.1. The second-order valence-electron chi connectivity index (χ2n) is 4.80. The van der Waals surface area contributed by atoms with Crippen molar-refractivity contribution in [3.63, 3.8) is 0 Å². The highest BCUT2D eigenvalue weighted by Crippen LogP contribution is 2.26. The monoisotopic (exact) mass is 275 g/mol. The van der Waals surface area contributed by atoms with E-state index in [-0.39, 0.29) is 17.8 Å². The number of carbonyl (C=O) groups is 1. The third-order valence-corrected chi connectivity index (χ3v) is 3.50. The summed E-state index contributed by atoms with van der Waals surface area (Å²) in [5.74, 6) is -0.0149. The van der Waals surface area contributed by atoms with Crippen LogP contribution in [0.1, 0.15) is 16.8 Å². The number of nitrogens with one attached hydrogen (secondary N) is 2. The van der Waals surface area contributed by atoms with Crippen molar-refractivity contribution in [3.8, 4) is 5.88 Å². The van der Waals surface area contributed by atoms with Gasteiger partial charge in [0.25, 0.3) is 5.91 Å². The van der Waals surface area contributed by atoms with Gasteiger partial charge in [-0.1, -0.05) is 0 Å². The second kappa shape index (κ2) is 5.01. The van der Waals surface area contributed by atoms with Gasteiger partial charge in [0.15, 0.2) is 0 Å². The standard InChI is InChI=1S/C13H17N5O2/c1-20-13-10(12(19)16-8-4-5-15-7-8)11(14)9-3-2-6-18(9)17-13/h2-3,6,8,15H,4-5,7,14H2,1H3,(H,16,19). The third-order valence-electron chi connectivity index (χ3n) is 3.50. The normalized spacial score (nSPS) is 18.4. The predicted molar refractivity (Wildman–Crippen MR) is 74.9 cm³/mol. The fourth-order valence-corrected chi connectivity index (χ4v) is 2.46. The summed E-state index contributed by atoms with van der Waals surface area (Å²) < 4.78 is 6.80. The first-order chi connectivity index (χ1) is 9.70. The summed E-state index contributed by atoms with van der Waals surface area (Å²) in [7, 11) is 1.48. The van der Waals surface area contributed by atoms with Gasteiger partial charge in [-0.2, -0.15) is 0 Å². The van der Waals surface area contributed by atoms with E-state index in [4.69, 9.17) is 10.5 Å². The Balaban J connectivity index is 1.99. The Bertz CT molecular complexity index is 645. The second-order valence-corrected chi connectivity index (χ2v) is 4.80. The van der Waals surface area contributed by atoms with E-state index >= 15 is 0 Å². The summed E-state index contributed by atoms with van der Waals surface area (Å²) in [6, 6.07) is 3.76. The summed E-state index contributed by atoms with van der Waals surface area (Å²) in [6.45, 7) is 1.68. The van der Waals surface area contributed by atoms with Crippen molar-refractivity contribution < 1.29 is 9.53 Å². The Hall–Kier alpha value is -2.28. The number of nitrogens with two attached hydrogens (primary N) is 1. The fourth-order valence-electron chi connectivity index (χ4n) is 2.46. The maximum atomic E-state index is 12.4. The third kappa shape index (κ3) is 2.05. The van der Waals surface area contributed by atoms with Gasteiger partial charge < -0.3 is 21.1 Å². The molecule has 1 atom stereocenters. The average Bonchev–Trinajstić information content (AvgIpc) is 3.08. The van der Waals surface area contributed by atoms with Crippen LogP contribution >= 0.6 is 0 Å². The first-order valence-corrected chi connectivity index (χ1v) is 6.53. The Morgan fingerprint density at radius 3 is 3.20 bits per heavy atom. The molecule has 0 bridgehead atoms. The molecule has 1 unspecified atom stereocenters. The molecule has 0 radical (unpaired) electrons. The van der Waals surface area contributed by atoms with Crippen molar-refractivity contribution in [1.29, 1.82) is 0 Å². The Labute approximate surface area is 116 Å². The molecule has 0 saturated carbocycles. The largest absolute Gasteiger partial charge is 0.479 e. The van der Waals surface area contributed by atoms with Crippen LogP contribution in [-0.2, 0) is 0 Å². The van der Waals surface area contributed by atoms with Crippen LogP contribution in [0.15, 0.2) is 18.3 Å². The quantitative estimate of drug-likeness (QED) is 0.734. The van der Waals surface area contributed by atoms with Crippen molar-refractivity contribution >= 4 is 17.1 Å². The number of ether oxygens (including phenoxy) is 1. The molecule has 7 nitrogen and oxygen atoms in total. The summed E-state index contributed by atoms with van der Waals surface area (Å²) in [5.41, 5.74) is 7.47. The van der Waals surface area contributed by atoms with Gasteiger partial charge in [0, 0.05) is 18.8 Å². The van der Waals surface area contributed by atoms with Crippen LogP contribution in [-0.4, -0.2) is 41.8 Å². The van der Waals surface area contributed by atoms with Crippen molar-refractivity contribution in [2.24, 2.45) is 0 Å². The minimum atomic E-state index is -0.246. The lowest BCUT2D eigenvalue weighted by molar-refractivity contribution is 0.0937. The molecule has 7 heteroatoms. The molecule has 0 aliphatic carbocycles. The number of anilines is 1. The van der Waals surface area contributed by atoms with Gasteiger partial charge in [0.2, 0.25) is 5.88 Å². The van der Waals surface area contributed by atoms with Crippen molar-refractivity contribution in [2.45, 2.75) is 12.5 Å². The zero-order chi connectivity index (χ0) is 14.1. The molecule has 1 amide bonds. The fraction of sp³-hybridized carbons (Fsp3) is 0.385. The number of hydrogen-bond acceptors (Lipinski definition) is 5. The Kier molecular flexibility index (Phi) is 3.19. The SMILES string of the molecule is COc1nn2cccc2c(N)c1C(=O)NC1CCNC1. The molecule has 2 aromatic rings. The molecule has 20 heavy (non-hydrogen) atoms. The van der Waals surface area contributed by atoms with Crippen LogP contribution in [0.5, 0.6) is 5.88 Å². The summed E-state index contributed by atoms with van der Waals surface area (Å²) in [4.78, 5) is 12.4. The molecule has 106 valence electrons. The van der Waals surface area contributed by atoms with Gasteiger partial charge in [-0.15, -0.1) is 5.10 Å². The molecule has 0 spiro atoms. The Morgan fingerprint density at radius 2 is 2.50 bits per heavy atom. The molecule has 4 N–H and O–H groups in total. The first kappa shape index (κ1) is 12.7. The number of nitrogens with zero attached hydrogens (tertiary/aromatic N) is 2. The molecule has 1 fully saturated rings. The summed E-state index contributed by atoms with van der Waals surface area (Å²) >= 11 is 0. The maximum Gasteiger partial charge on any atom is 0.259 e. The number of carbonyl (C=O) groups excluding carboxylic acids is 1. The lowest BCUT2D eigenvalue weighted by Crippen LogP contribution is -2.37. The minimum Gasteiger partial charge on any atom is -0.479 e. The average molecular weight is 275 g/mol. The topological polar surface area (TPSA) is 93.7 Å². The zero-order valence-corrected chi connectivity index (χ0v) is 11.2. The van der Waals surface area contributed by atoms with Gasteiger partial charge in [-0.05, 0) is 25.1 Å². The van der Waals surface area contributed by atoms with Gasteiger partial charge in [-0.3, -0.25) is 4.79 Å². The molecular formula is C13H17N5O2. The molecule has 2 aromatic heterocycles. The molecule has 1 aliphatic rings. The zero-order valence-electron chi connectivity index (χ0n) is 11.2. The van der Waals surface area contributed by atoms with E-state index in [1.54, 1.807) is 10.7 Å². The van der Waals surface area contributed by atoms with Gasteiger partial charge in [0.1, 0.15) is 5.56 Å². The summed E-state index contributed by atoms with van der Waals surface area (Å²) in [6.07, 6.45) is 2.67. The van der Waals surface area contributed by atoms with Gasteiger partial charge >= 0.3 is 0 Å². The minimum absolute atomic E-state index is 0.120. The number of amides is 1. The van der Waals surface area contributed by atoms with E-state index in [1.165, 1.54) is 7.11 Å². The maximum absolute atomic E-state index is 12.4. The predicted octanol–water partition coefficient (Wildman–Crippen LogP) is 0.0168. The van der Waals surface area contributed by atoms with Crippen LogP contribution in [0.4, 0.5) is 5.69 Å². The van der Waals surface area contributed by atoms with Crippen molar-refractivity contribution in [3.05, 3.63) is 23.9 Å². The lowest BCUT2D eigenvalue weighted by Gasteiger charge is -2.15. The first-order valence-electron chi connectivity index (χ1n) is 6.53. The van der Waals surface area contributed by atoms with E-state index in [0.29, 0.717) is 16.8 Å². The number of hydrogen-bond donors (Lipinski definition) is 3. The highest BCUT2D eigenvalue weighted by molar-refractivity contribution is 6.04. The molecule has 3 rings (SSSR count). The summed E-state index contributed by atoms with van der Waals surface area (Å²) in [5, 5.41) is 10.4. The van der Waals surface area contributed by atoms with Crippen LogP contribution in [0.3, 0.4) is 0 Å². The van der Waals surface area contributed by atoms with Crippen LogP contribution in [0.2, 0.25) is 0 Å². The molecule has 3 heterocycles. The van der Waals surface area contributed by atoms with Crippen LogP contribution in [0, 0.1) is 0 Å². The van der Waals surface area contributed by atoms with Gasteiger partial charge in [0.05, 0.1) is 18.3 Å². The molecule has 1 saturated heterocycles. The molecular weight excluding hydrogens is 258 g/mol. The van der Waals surface area contributed by atoms with Crippen molar-refractivity contribution in [1.82, 2.24) is 20.2 Å². The van der Waals surface area contributed by atoms with E-state index in [1.807, 2.05) is 12.1 Å². The highest BCUT2D eigenvalue weighted by atomic mass is 16.5. The van der Waals surface area contributed by atoms with E-state index in [2.05, 4.69) is 15.7 Å². The van der Waals surface area contributed by atoms with Gasteiger partial charge in [-0.25, -0.2) is 4.52 Å². The van der Waals surface area contributed by atoms with Crippen LogP contribution < -0.4 is 21.1 Å². The van der Waals surface area contributed by atoms with Crippen LogP contribution in [0.25, 0.3) is 5.52 Å². The number of nitrogen functional groups attached to an aromatic ring is 1. The number of rotatable bonds is 3. The van der Waals surface area contributed by atoms with E-state index in [0.717, 1.165) is 19.5 Å². The number of aromatic nitrogens is 2. The van der Waals surface area contributed by atoms with E-state index < -0.39 is 0 Å². The highest BCUT2D eigenvalue weighted by Gasteiger charge is 2.24. The number of methoxy groups -OCH3 is 1. The molecule has 1 aliphatic heterocycles.